The molecule has 0 saturated carbocycles. The number of aliphatic hydroxyl groups excluding tert-OH is 1. The second-order valence-electron chi connectivity index (χ2n) is 2.54. The molecule has 3 nitrogen and oxygen atoms in total. The first-order chi connectivity index (χ1) is 5.24. The summed E-state index contributed by atoms with van der Waals surface area (Å²) in [5.74, 6) is 0. The Balaban J connectivity index is 3.34. The highest BCUT2D eigenvalue weighted by Crippen LogP contribution is 2.05. The SMILES string of the molecule is CCC(O)CC[SiH](OC)OC. The maximum atomic E-state index is 9.21. The van der Waals surface area contributed by atoms with Gasteiger partial charge in [-0.2, -0.15) is 0 Å². The van der Waals surface area contributed by atoms with E-state index in [1.165, 1.54) is 0 Å². The zero-order valence-corrected chi connectivity index (χ0v) is 8.69. The van der Waals surface area contributed by atoms with Crippen molar-refractivity contribution in [1.82, 2.24) is 0 Å². The summed E-state index contributed by atoms with van der Waals surface area (Å²) in [5, 5.41) is 9.21. The van der Waals surface area contributed by atoms with Crippen LogP contribution in [0.4, 0.5) is 0 Å². The van der Waals surface area contributed by atoms with E-state index >= 15 is 0 Å². The fourth-order valence-electron chi connectivity index (χ4n) is 0.865. The quantitative estimate of drug-likeness (QED) is 0.607. The minimum absolute atomic E-state index is 0.185. The van der Waals surface area contributed by atoms with Crippen LogP contribution in [0.5, 0.6) is 0 Å². The van der Waals surface area contributed by atoms with Crippen molar-refractivity contribution in [1.29, 1.82) is 0 Å². The molecular formula is C7H18O3Si. The lowest BCUT2D eigenvalue weighted by atomic mass is 10.2. The van der Waals surface area contributed by atoms with E-state index in [1.807, 2.05) is 6.92 Å². The number of aliphatic hydroxyl groups is 1. The summed E-state index contributed by atoms with van der Waals surface area (Å²) < 4.78 is 10.2. The van der Waals surface area contributed by atoms with E-state index in [0.717, 1.165) is 18.9 Å². The molecule has 0 amide bonds. The molecule has 4 heteroatoms. The molecule has 0 heterocycles. The predicted octanol–water partition coefficient (Wildman–Crippen LogP) is 0.661. The highest BCUT2D eigenvalue weighted by atomic mass is 28.3. The molecule has 11 heavy (non-hydrogen) atoms. The van der Waals surface area contributed by atoms with Crippen molar-refractivity contribution in [3.8, 4) is 0 Å². The first-order valence-corrected chi connectivity index (χ1v) is 5.74. The maximum Gasteiger partial charge on any atom is 0.320 e. The van der Waals surface area contributed by atoms with Crippen LogP contribution < -0.4 is 0 Å². The normalized spacial score (nSPS) is 13.9. The van der Waals surface area contributed by atoms with E-state index in [9.17, 15) is 5.11 Å². The summed E-state index contributed by atoms with van der Waals surface area (Å²) in [6.07, 6.45) is 1.43. The van der Waals surface area contributed by atoms with E-state index in [-0.39, 0.29) is 6.10 Å². The van der Waals surface area contributed by atoms with Gasteiger partial charge >= 0.3 is 9.28 Å². The lowest BCUT2D eigenvalue weighted by Crippen LogP contribution is -2.20. The Labute approximate surface area is 70.2 Å². The molecule has 0 aliphatic heterocycles. The third kappa shape index (κ3) is 5.38. The highest BCUT2D eigenvalue weighted by Gasteiger charge is 2.11. The van der Waals surface area contributed by atoms with Gasteiger partial charge in [-0.3, -0.25) is 0 Å². The van der Waals surface area contributed by atoms with Gasteiger partial charge < -0.3 is 14.0 Å². The Morgan fingerprint density at radius 2 is 1.91 bits per heavy atom. The Morgan fingerprint density at radius 1 is 1.36 bits per heavy atom. The zero-order chi connectivity index (χ0) is 8.69. The summed E-state index contributed by atoms with van der Waals surface area (Å²) in [6.45, 7) is 1.97. The van der Waals surface area contributed by atoms with Crippen LogP contribution in [0.2, 0.25) is 6.04 Å². The highest BCUT2D eigenvalue weighted by molar-refractivity contribution is 6.44. The van der Waals surface area contributed by atoms with Crippen molar-refractivity contribution < 1.29 is 14.0 Å². The zero-order valence-electron chi connectivity index (χ0n) is 7.54. The molecule has 0 aromatic heterocycles. The maximum absolute atomic E-state index is 9.21. The fourth-order valence-corrected chi connectivity index (χ4v) is 2.19. The van der Waals surface area contributed by atoms with Gasteiger partial charge in [-0.15, -0.1) is 0 Å². The molecule has 0 bridgehead atoms. The van der Waals surface area contributed by atoms with E-state index in [2.05, 4.69) is 0 Å². The van der Waals surface area contributed by atoms with Gasteiger partial charge in [0.15, 0.2) is 0 Å². The van der Waals surface area contributed by atoms with Gasteiger partial charge in [0.1, 0.15) is 0 Å². The van der Waals surface area contributed by atoms with Gasteiger partial charge in [0.05, 0.1) is 6.10 Å². The van der Waals surface area contributed by atoms with Crippen LogP contribution in [0.15, 0.2) is 0 Å². The van der Waals surface area contributed by atoms with Crippen molar-refractivity contribution in [3.63, 3.8) is 0 Å². The van der Waals surface area contributed by atoms with Crippen molar-refractivity contribution in [2.24, 2.45) is 0 Å². The van der Waals surface area contributed by atoms with Crippen molar-refractivity contribution in [3.05, 3.63) is 0 Å². The van der Waals surface area contributed by atoms with E-state index < -0.39 is 9.28 Å². The van der Waals surface area contributed by atoms with Gasteiger partial charge in [-0.05, 0) is 18.9 Å². The number of hydrogen-bond donors (Lipinski definition) is 1. The van der Waals surface area contributed by atoms with Crippen molar-refractivity contribution in [2.75, 3.05) is 14.2 Å². The molecule has 0 radical (unpaired) electrons. The summed E-state index contributed by atoms with van der Waals surface area (Å²) in [4.78, 5) is 0. The number of rotatable bonds is 6. The standard InChI is InChI=1S/C7H18O3Si/c1-4-7(8)5-6-11(9-2)10-3/h7-8,11H,4-6H2,1-3H3. The lowest BCUT2D eigenvalue weighted by molar-refractivity contribution is 0.161. The number of hydrogen-bond acceptors (Lipinski definition) is 3. The minimum Gasteiger partial charge on any atom is -0.400 e. The van der Waals surface area contributed by atoms with Crippen molar-refractivity contribution >= 4 is 9.28 Å². The van der Waals surface area contributed by atoms with Gasteiger partial charge in [-0.1, -0.05) is 6.92 Å². The molecule has 1 unspecified atom stereocenters. The smallest absolute Gasteiger partial charge is 0.320 e. The third-order valence-corrected chi connectivity index (χ3v) is 3.59. The van der Waals surface area contributed by atoms with Gasteiger partial charge in [0, 0.05) is 14.2 Å². The van der Waals surface area contributed by atoms with Crippen LogP contribution >= 0.6 is 0 Å². The van der Waals surface area contributed by atoms with Crippen LogP contribution in [0.25, 0.3) is 0 Å². The molecule has 1 atom stereocenters. The molecule has 0 aromatic rings. The van der Waals surface area contributed by atoms with E-state index in [0.29, 0.717) is 0 Å². The molecule has 68 valence electrons. The van der Waals surface area contributed by atoms with Crippen LogP contribution in [0, 0.1) is 0 Å². The molecule has 0 rings (SSSR count). The van der Waals surface area contributed by atoms with Crippen LogP contribution in [0.1, 0.15) is 19.8 Å². The molecule has 0 spiro atoms. The monoisotopic (exact) mass is 178 g/mol. The molecule has 0 aliphatic rings. The van der Waals surface area contributed by atoms with E-state index in [4.69, 9.17) is 8.85 Å². The average molecular weight is 178 g/mol. The molecule has 0 saturated heterocycles. The first-order valence-electron chi connectivity index (χ1n) is 3.98. The third-order valence-electron chi connectivity index (χ3n) is 1.73. The largest absolute Gasteiger partial charge is 0.400 e. The molecule has 0 aromatic carbocycles. The average Bonchev–Trinajstić information content (AvgIpc) is 2.06. The first kappa shape index (κ1) is 11.1. The van der Waals surface area contributed by atoms with Gasteiger partial charge in [0.2, 0.25) is 0 Å². The second-order valence-corrected chi connectivity index (χ2v) is 4.92. The Bertz CT molecular complexity index is 85.8. The Kier molecular flexibility index (Phi) is 6.85. The predicted molar refractivity (Wildman–Crippen MR) is 46.9 cm³/mol. The molecule has 0 aliphatic carbocycles. The minimum atomic E-state index is -1.42. The summed E-state index contributed by atoms with van der Waals surface area (Å²) in [6, 6.07) is 0.891. The van der Waals surface area contributed by atoms with Gasteiger partial charge in [0.25, 0.3) is 0 Å². The fraction of sp³-hybridized carbons (Fsp3) is 1.00. The van der Waals surface area contributed by atoms with Crippen LogP contribution in [-0.4, -0.2) is 34.7 Å². The Morgan fingerprint density at radius 3 is 2.27 bits per heavy atom. The second kappa shape index (κ2) is 6.79. The summed E-state index contributed by atoms with van der Waals surface area (Å²) in [5.41, 5.74) is 0. The van der Waals surface area contributed by atoms with Crippen molar-refractivity contribution in [2.45, 2.75) is 31.9 Å². The Hall–Kier alpha value is 0.0969. The summed E-state index contributed by atoms with van der Waals surface area (Å²) >= 11 is 0. The molecular weight excluding hydrogens is 160 g/mol. The lowest BCUT2D eigenvalue weighted by Gasteiger charge is -2.12. The van der Waals surface area contributed by atoms with E-state index in [1.54, 1.807) is 14.2 Å². The topological polar surface area (TPSA) is 38.7 Å². The van der Waals surface area contributed by atoms with Gasteiger partial charge in [-0.25, -0.2) is 0 Å². The summed E-state index contributed by atoms with van der Waals surface area (Å²) in [7, 11) is 1.91. The van der Waals surface area contributed by atoms with Crippen LogP contribution in [0.3, 0.4) is 0 Å². The molecule has 0 fully saturated rings. The van der Waals surface area contributed by atoms with Crippen LogP contribution in [-0.2, 0) is 8.85 Å². The molecule has 1 N–H and O–H groups in total.